The minimum absolute atomic E-state index is 0.131. The van der Waals surface area contributed by atoms with Gasteiger partial charge >= 0.3 is 0 Å². The van der Waals surface area contributed by atoms with Crippen LogP contribution in [0.15, 0.2) is 53.4 Å². The molecule has 2 aromatic rings. The van der Waals surface area contributed by atoms with Gasteiger partial charge in [0.2, 0.25) is 0 Å². The predicted molar refractivity (Wildman–Crippen MR) is 84.3 cm³/mol. The Morgan fingerprint density at radius 2 is 1.85 bits per heavy atom. The number of nitrogens with two attached hydrogens (primary N) is 1. The molecule has 0 saturated heterocycles. The second kappa shape index (κ2) is 5.60. The molecule has 0 aliphatic rings. The first-order valence-electron chi connectivity index (χ1n) is 5.88. The van der Waals surface area contributed by atoms with Gasteiger partial charge in [0.25, 0.3) is 10.0 Å². The van der Waals surface area contributed by atoms with Crippen molar-refractivity contribution in [3.05, 3.63) is 59.7 Å². The maximum absolute atomic E-state index is 12.3. The van der Waals surface area contributed by atoms with Gasteiger partial charge in [-0.1, -0.05) is 42.5 Å². The molecule has 0 saturated carbocycles. The quantitative estimate of drug-likeness (QED) is 0.851. The first-order chi connectivity index (χ1) is 9.40. The van der Waals surface area contributed by atoms with Gasteiger partial charge in [-0.25, -0.2) is 8.42 Å². The highest BCUT2D eigenvalue weighted by Gasteiger charge is 2.15. The van der Waals surface area contributed by atoms with E-state index in [0.717, 1.165) is 5.56 Å². The molecule has 0 heterocycles. The Balaban J connectivity index is 2.38. The fourth-order valence-electron chi connectivity index (χ4n) is 1.71. The smallest absolute Gasteiger partial charge is 0.261 e. The second-order valence-electron chi connectivity index (χ2n) is 4.31. The molecule has 20 heavy (non-hydrogen) atoms. The Hall–Kier alpha value is -1.92. The van der Waals surface area contributed by atoms with Gasteiger partial charge in [0.1, 0.15) is 4.99 Å². The van der Waals surface area contributed by atoms with Crippen LogP contribution in [0.3, 0.4) is 0 Å². The van der Waals surface area contributed by atoms with Gasteiger partial charge in [-0.05, 0) is 30.7 Å². The molecule has 0 fully saturated rings. The standard InChI is InChI=1S/C14H14N2O2S2/c1-10-5-2-3-8-13(10)16-20(17,18)12-7-4-6-11(9-12)14(15)19/h2-9,16H,1H3,(H2,15,19). The van der Waals surface area contributed by atoms with E-state index in [-0.39, 0.29) is 9.88 Å². The van der Waals surface area contributed by atoms with Crippen LogP contribution < -0.4 is 10.5 Å². The summed E-state index contributed by atoms with van der Waals surface area (Å²) in [6, 6.07) is 13.4. The molecule has 0 aliphatic heterocycles. The lowest BCUT2D eigenvalue weighted by molar-refractivity contribution is 0.601. The number of hydrogen-bond acceptors (Lipinski definition) is 3. The largest absolute Gasteiger partial charge is 0.389 e. The lowest BCUT2D eigenvalue weighted by atomic mass is 10.2. The first kappa shape index (κ1) is 14.5. The molecule has 0 unspecified atom stereocenters. The van der Waals surface area contributed by atoms with Crippen molar-refractivity contribution in [1.82, 2.24) is 0 Å². The lowest BCUT2D eigenvalue weighted by Gasteiger charge is -2.11. The van der Waals surface area contributed by atoms with Crippen molar-refractivity contribution >= 4 is 32.9 Å². The van der Waals surface area contributed by atoms with Crippen LogP contribution in [-0.4, -0.2) is 13.4 Å². The zero-order chi connectivity index (χ0) is 14.8. The highest BCUT2D eigenvalue weighted by molar-refractivity contribution is 7.92. The van der Waals surface area contributed by atoms with Gasteiger partial charge in [-0.3, -0.25) is 4.72 Å². The van der Waals surface area contributed by atoms with Crippen molar-refractivity contribution in [3.63, 3.8) is 0 Å². The summed E-state index contributed by atoms with van der Waals surface area (Å²) in [7, 11) is -3.66. The number of rotatable bonds is 4. The number of thiocarbonyl (C=S) groups is 1. The van der Waals surface area contributed by atoms with Crippen molar-refractivity contribution < 1.29 is 8.42 Å². The van der Waals surface area contributed by atoms with Crippen LogP contribution in [0.2, 0.25) is 0 Å². The molecule has 0 aromatic heterocycles. The van der Waals surface area contributed by atoms with Gasteiger partial charge in [0.15, 0.2) is 0 Å². The molecule has 0 spiro atoms. The van der Waals surface area contributed by atoms with Gasteiger partial charge < -0.3 is 5.73 Å². The number of para-hydroxylation sites is 1. The van der Waals surface area contributed by atoms with E-state index in [1.807, 2.05) is 19.1 Å². The number of sulfonamides is 1. The Kier molecular flexibility index (Phi) is 4.06. The van der Waals surface area contributed by atoms with E-state index in [1.54, 1.807) is 24.3 Å². The Labute approximate surface area is 123 Å². The highest BCUT2D eigenvalue weighted by Crippen LogP contribution is 2.19. The van der Waals surface area contributed by atoms with Crippen molar-refractivity contribution in [3.8, 4) is 0 Å². The minimum Gasteiger partial charge on any atom is -0.389 e. The van der Waals surface area contributed by atoms with E-state index < -0.39 is 10.0 Å². The maximum Gasteiger partial charge on any atom is 0.261 e. The van der Waals surface area contributed by atoms with E-state index in [2.05, 4.69) is 4.72 Å². The van der Waals surface area contributed by atoms with Crippen molar-refractivity contribution in [2.45, 2.75) is 11.8 Å². The zero-order valence-electron chi connectivity index (χ0n) is 10.8. The third-order valence-electron chi connectivity index (χ3n) is 2.82. The molecule has 104 valence electrons. The summed E-state index contributed by atoms with van der Waals surface area (Å²) < 4.78 is 27.2. The first-order valence-corrected chi connectivity index (χ1v) is 7.77. The molecule has 0 bridgehead atoms. The number of aryl methyl sites for hydroxylation is 1. The number of benzene rings is 2. The molecule has 4 nitrogen and oxygen atoms in total. The number of anilines is 1. The van der Waals surface area contributed by atoms with Crippen LogP contribution in [0.1, 0.15) is 11.1 Å². The summed E-state index contributed by atoms with van der Waals surface area (Å²) in [5.74, 6) is 0. The molecule has 0 radical (unpaired) electrons. The lowest BCUT2D eigenvalue weighted by Crippen LogP contribution is -2.15. The van der Waals surface area contributed by atoms with Crippen LogP contribution in [0.25, 0.3) is 0 Å². The van der Waals surface area contributed by atoms with E-state index in [0.29, 0.717) is 11.3 Å². The molecule has 2 aromatic carbocycles. The second-order valence-corrected chi connectivity index (χ2v) is 6.43. The summed E-state index contributed by atoms with van der Waals surface area (Å²) in [6.07, 6.45) is 0. The molecular formula is C14H14N2O2S2. The molecule has 6 heteroatoms. The highest BCUT2D eigenvalue weighted by atomic mass is 32.2. The zero-order valence-corrected chi connectivity index (χ0v) is 12.5. The summed E-state index contributed by atoms with van der Waals surface area (Å²) in [6.45, 7) is 1.84. The van der Waals surface area contributed by atoms with Crippen LogP contribution in [0.4, 0.5) is 5.69 Å². The SMILES string of the molecule is Cc1ccccc1NS(=O)(=O)c1cccc(C(N)=S)c1. The monoisotopic (exact) mass is 306 g/mol. The molecule has 0 atom stereocenters. The van der Waals surface area contributed by atoms with E-state index in [9.17, 15) is 8.42 Å². The fraction of sp³-hybridized carbons (Fsp3) is 0.0714. The van der Waals surface area contributed by atoms with Crippen LogP contribution in [-0.2, 0) is 10.0 Å². The fourth-order valence-corrected chi connectivity index (χ4v) is 3.01. The van der Waals surface area contributed by atoms with Crippen LogP contribution in [0, 0.1) is 6.92 Å². The van der Waals surface area contributed by atoms with Crippen LogP contribution in [0.5, 0.6) is 0 Å². The molecule has 3 N–H and O–H groups in total. The Morgan fingerprint density at radius 3 is 2.50 bits per heavy atom. The normalized spacial score (nSPS) is 11.1. The minimum atomic E-state index is -3.66. The van der Waals surface area contributed by atoms with Gasteiger partial charge in [-0.2, -0.15) is 0 Å². The summed E-state index contributed by atoms with van der Waals surface area (Å²) >= 11 is 4.86. The third-order valence-corrected chi connectivity index (χ3v) is 4.42. The van der Waals surface area contributed by atoms with Crippen molar-refractivity contribution in [1.29, 1.82) is 0 Å². The maximum atomic E-state index is 12.3. The van der Waals surface area contributed by atoms with Gasteiger partial charge in [0, 0.05) is 5.56 Å². The van der Waals surface area contributed by atoms with Crippen LogP contribution >= 0.6 is 12.2 Å². The average molecular weight is 306 g/mol. The number of hydrogen-bond donors (Lipinski definition) is 2. The van der Waals surface area contributed by atoms with E-state index in [1.165, 1.54) is 12.1 Å². The Bertz CT molecular complexity index is 755. The van der Waals surface area contributed by atoms with Crippen molar-refractivity contribution in [2.24, 2.45) is 5.73 Å². The molecule has 0 aliphatic carbocycles. The molecular weight excluding hydrogens is 292 g/mol. The topological polar surface area (TPSA) is 72.2 Å². The predicted octanol–water partition coefficient (Wildman–Crippen LogP) is 2.43. The third kappa shape index (κ3) is 3.15. The summed E-state index contributed by atoms with van der Waals surface area (Å²) in [5, 5.41) is 0. The van der Waals surface area contributed by atoms with Crippen molar-refractivity contribution in [2.75, 3.05) is 4.72 Å². The summed E-state index contributed by atoms with van der Waals surface area (Å²) in [4.78, 5) is 0.295. The molecule has 0 amide bonds. The van der Waals surface area contributed by atoms with E-state index in [4.69, 9.17) is 18.0 Å². The molecule has 2 rings (SSSR count). The average Bonchev–Trinajstić information content (AvgIpc) is 2.41. The number of nitrogens with one attached hydrogen (secondary N) is 1. The van der Waals surface area contributed by atoms with E-state index >= 15 is 0 Å². The Morgan fingerprint density at radius 1 is 1.15 bits per heavy atom. The van der Waals surface area contributed by atoms with Gasteiger partial charge in [-0.15, -0.1) is 0 Å². The summed E-state index contributed by atoms with van der Waals surface area (Å²) in [5.41, 5.74) is 7.44. The van der Waals surface area contributed by atoms with Gasteiger partial charge in [0.05, 0.1) is 10.6 Å².